The number of rotatable bonds is 4. The predicted molar refractivity (Wildman–Crippen MR) is 68.3 cm³/mol. The Labute approximate surface area is 111 Å². The molecule has 0 fully saturated rings. The van der Waals surface area contributed by atoms with Gasteiger partial charge in [-0.1, -0.05) is 28.1 Å². The Hall–Kier alpha value is -1.73. The van der Waals surface area contributed by atoms with Gasteiger partial charge in [0, 0.05) is 4.47 Å². The normalized spacial score (nSPS) is 10.2. The van der Waals surface area contributed by atoms with Gasteiger partial charge < -0.3 is 4.74 Å². The van der Waals surface area contributed by atoms with Crippen molar-refractivity contribution < 1.29 is 9.13 Å². The van der Waals surface area contributed by atoms with Crippen molar-refractivity contribution >= 4 is 21.9 Å². The molecule has 0 bridgehead atoms. The zero-order chi connectivity index (χ0) is 13.0. The Bertz CT molecular complexity index is 535. The van der Waals surface area contributed by atoms with Gasteiger partial charge >= 0.3 is 0 Å². The van der Waals surface area contributed by atoms with Crippen LogP contribution >= 0.6 is 15.9 Å². The van der Waals surface area contributed by atoms with E-state index in [1.54, 1.807) is 0 Å². The van der Waals surface area contributed by atoms with E-state index in [1.807, 2.05) is 24.3 Å². The Kier molecular flexibility index (Phi) is 4.06. The number of benzene rings is 1. The summed E-state index contributed by atoms with van der Waals surface area (Å²) in [6.45, 7) is 0.214. The van der Waals surface area contributed by atoms with E-state index in [-0.39, 0.29) is 18.4 Å². The lowest BCUT2D eigenvalue weighted by atomic mass is 10.2. The number of hydrogen-bond acceptors (Lipinski definition) is 5. The molecular formula is C11H10BrFN4O. The molecule has 0 spiro atoms. The Morgan fingerprint density at radius 1 is 1.33 bits per heavy atom. The van der Waals surface area contributed by atoms with Crippen LogP contribution in [0.25, 0.3) is 0 Å². The molecule has 1 aromatic carbocycles. The third-order valence-corrected chi connectivity index (χ3v) is 2.66. The standard InChI is InChI=1S/C11H10BrFN4O/c12-8-3-1-7(2-4-8)6-18-10-9(13)5-15-11(16-10)17-14/h1-5H,6,14H2,(H,15,16,17). The van der Waals surface area contributed by atoms with E-state index in [1.165, 1.54) is 0 Å². The molecule has 18 heavy (non-hydrogen) atoms. The van der Waals surface area contributed by atoms with Crippen LogP contribution in [-0.2, 0) is 6.61 Å². The van der Waals surface area contributed by atoms with Crippen molar-refractivity contribution in [2.24, 2.45) is 5.84 Å². The molecule has 2 rings (SSSR count). The first-order valence-corrected chi connectivity index (χ1v) is 5.85. The highest BCUT2D eigenvalue weighted by atomic mass is 79.9. The molecule has 94 valence electrons. The van der Waals surface area contributed by atoms with Crippen molar-refractivity contribution in [3.8, 4) is 5.88 Å². The number of hydrazine groups is 1. The van der Waals surface area contributed by atoms with E-state index in [0.717, 1.165) is 16.2 Å². The van der Waals surface area contributed by atoms with Crippen molar-refractivity contribution in [1.82, 2.24) is 9.97 Å². The molecule has 1 aromatic heterocycles. The predicted octanol–water partition coefficient (Wildman–Crippen LogP) is 2.24. The van der Waals surface area contributed by atoms with E-state index in [2.05, 4.69) is 31.3 Å². The summed E-state index contributed by atoms with van der Waals surface area (Å²) in [6.07, 6.45) is 0.999. The summed E-state index contributed by atoms with van der Waals surface area (Å²) in [6, 6.07) is 7.49. The zero-order valence-electron chi connectivity index (χ0n) is 9.23. The molecule has 0 unspecified atom stereocenters. The molecule has 0 aliphatic carbocycles. The number of anilines is 1. The number of nitrogens with two attached hydrogens (primary N) is 1. The van der Waals surface area contributed by atoms with Gasteiger partial charge in [-0.05, 0) is 17.7 Å². The van der Waals surface area contributed by atoms with E-state index in [4.69, 9.17) is 10.6 Å². The van der Waals surface area contributed by atoms with Crippen molar-refractivity contribution in [1.29, 1.82) is 0 Å². The smallest absolute Gasteiger partial charge is 0.255 e. The lowest BCUT2D eigenvalue weighted by Gasteiger charge is -2.07. The largest absolute Gasteiger partial charge is 0.471 e. The van der Waals surface area contributed by atoms with E-state index in [0.29, 0.717) is 0 Å². The minimum absolute atomic E-state index is 0.0993. The zero-order valence-corrected chi connectivity index (χ0v) is 10.8. The SMILES string of the molecule is NNc1ncc(F)c(OCc2ccc(Br)cc2)n1. The molecule has 0 saturated heterocycles. The minimum Gasteiger partial charge on any atom is -0.471 e. The van der Waals surface area contributed by atoms with Gasteiger partial charge in [0.15, 0.2) is 0 Å². The molecule has 0 aliphatic heterocycles. The van der Waals surface area contributed by atoms with Crippen LogP contribution in [0.4, 0.5) is 10.3 Å². The fraction of sp³-hybridized carbons (Fsp3) is 0.0909. The summed E-state index contributed by atoms with van der Waals surface area (Å²) in [5, 5.41) is 0. The van der Waals surface area contributed by atoms with Crippen LogP contribution in [0.15, 0.2) is 34.9 Å². The van der Waals surface area contributed by atoms with Gasteiger partial charge in [0.25, 0.3) is 5.88 Å². The summed E-state index contributed by atoms with van der Waals surface area (Å²) >= 11 is 3.33. The minimum atomic E-state index is -0.633. The lowest BCUT2D eigenvalue weighted by molar-refractivity contribution is 0.276. The van der Waals surface area contributed by atoms with Gasteiger partial charge in [0.1, 0.15) is 6.61 Å². The van der Waals surface area contributed by atoms with Crippen LogP contribution in [0.2, 0.25) is 0 Å². The third-order valence-electron chi connectivity index (χ3n) is 2.13. The maximum atomic E-state index is 13.3. The Balaban J connectivity index is 2.07. The van der Waals surface area contributed by atoms with Gasteiger partial charge in [-0.2, -0.15) is 9.37 Å². The van der Waals surface area contributed by atoms with Gasteiger partial charge in [-0.3, -0.25) is 5.43 Å². The molecule has 1 heterocycles. The second-order valence-electron chi connectivity index (χ2n) is 3.41. The van der Waals surface area contributed by atoms with Crippen LogP contribution in [-0.4, -0.2) is 9.97 Å². The summed E-state index contributed by atoms with van der Waals surface area (Å²) in [7, 11) is 0. The molecule has 2 aromatic rings. The molecular weight excluding hydrogens is 303 g/mol. The Morgan fingerprint density at radius 3 is 2.72 bits per heavy atom. The van der Waals surface area contributed by atoms with Crippen LogP contribution in [0, 0.1) is 5.82 Å². The van der Waals surface area contributed by atoms with Gasteiger partial charge in [-0.25, -0.2) is 10.8 Å². The third kappa shape index (κ3) is 3.14. The first kappa shape index (κ1) is 12.7. The van der Waals surface area contributed by atoms with Crippen LogP contribution in [0.1, 0.15) is 5.56 Å². The summed E-state index contributed by atoms with van der Waals surface area (Å²) in [5.74, 6) is 4.46. The molecule has 0 saturated carbocycles. The molecule has 3 N–H and O–H groups in total. The van der Waals surface area contributed by atoms with E-state index in [9.17, 15) is 4.39 Å². The highest BCUT2D eigenvalue weighted by molar-refractivity contribution is 9.10. The first-order chi connectivity index (χ1) is 8.69. The number of hydrogen-bond donors (Lipinski definition) is 2. The molecule has 0 radical (unpaired) electrons. The summed E-state index contributed by atoms with van der Waals surface area (Å²) in [4.78, 5) is 7.39. The Morgan fingerprint density at radius 2 is 2.06 bits per heavy atom. The average Bonchev–Trinajstić information content (AvgIpc) is 2.40. The van der Waals surface area contributed by atoms with Crippen molar-refractivity contribution in [3.05, 3.63) is 46.3 Å². The fourth-order valence-electron chi connectivity index (χ4n) is 1.25. The van der Waals surface area contributed by atoms with Gasteiger partial charge in [0.05, 0.1) is 6.20 Å². The number of aromatic nitrogens is 2. The highest BCUT2D eigenvalue weighted by Crippen LogP contribution is 2.17. The van der Waals surface area contributed by atoms with Crippen LogP contribution in [0.5, 0.6) is 5.88 Å². The molecule has 0 atom stereocenters. The summed E-state index contributed by atoms with van der Waals surface area (Å²) < 4.78 is 19.6. The number of halogens is 2. The number of ether oxygens (including phenoxy) is 1. The highest BCUT2D eigenvalue weighted by Gasteiger charge is 2.07. The number of nitrogens with one attached hydrogen (secondary N) is 1. The maximum absolute atomic E-state index is 13.3. The van der Waals surface area contributed by atoms with Crippen molar-refractivity contribution in [3.63, 3.8) is 0 Å². The topological polar surface area (TPSA) is 73.1 Å². The quantitative estimate of drug-likeness (QED) is 0.669. The van der Waals surface area contributed by atoms with Crippen LogP contribution in [0.3, 0.4) is 0 Å². The van der Waals surface area contributed by atoms with Crippen molar-refractivity contribution in [2.45, 2.75) is 6.61 Å². The lowest BCUT2D eigenvalue weighted by Crippen LogP contribution is -2.11. The summed E-state index contributed by atoms with van der Waals surface area (Å²) in [5.41, 5.74) is 3.13. The molecule has 0 aliphatic rings. The molecule has 7 heteroatoms. The monoisotopic (exact) mass is 312 g/mol. The van der Waals surface area contributed by atoms with Crippen molar-refractivity contribution in [2.75, 3.05) is 5.43 Å². The van der Waals surface area contributed by atoms with E-state index < -0.39 is 5.82 Å². The fourth-order valence-corrected chi connectivity index (χ4v) is 1.52. The second-order valence-corrected chi connectivity index (χ2v) is 4.32. The van der Waals surface area contributed by atoms with Crippen LogP contribution < -0.4 is 16.0 Å². The van der Waals surface area contributed by atoms with Gasteiger partial charge in [-0.15, -0.1) is 0 Å². The molecule has 5 nitrogen and oxygen atoms in total. The maximum Gasteiger partial charge on any atom is 0.255 e. The average molecular weight is 313 g/mol. The first-order valence-electron chi connectivity index (χ1n) is 5.05. The van der Waals surface area contributed by atoms with E-state index >= 15 is 0 Å². The molecule has 0 amide bonds. The second kappa shape index (κ2) is 5.74. The van der Waals surface area contributed by atoms with Gasteiger partial charge in [0.2, 0.25) is 11.8 Å². The number of nitrogen functional groups attached to an aromatic ring is 1. The number of nitrogens with zero attached hydrogens (tertiary/aromatic N) is 2.